The topological polar surface area (TPSA) is 37.3 Å². The van der Waals surface area contributed by atoms with Crippen LogP contribution in [0.25, 0.3) is 0 Å². The van der Waals surface area contributed by atoms with E-state index in [0.29, 0.717) is 4.44 Å². The fourth-order valence-electron chi connectivity index (χ4n) is 0.734. The molecule has 2 nitrogen and oxygen atoms in total. The van der Waals surface area contributed by atoms with Crippen molar-refractivity contribution in [2.24, 2.45) is 0 Å². The molecule has 0 aromatic heterocycles. The molecule has 3 heteroatoms. The summed E-state index contributed by atoms with van der Waals surface area (Å²) in [6.07, 6.45) is 0. The van der Waals surface area contributed by atoms with Gasteiger partial charge in [-0.25, -0.2) is 0 Å². The summed E-state index contributed by atoms with van der Waals surface area (Å²) >= 11 is -0.823. The summed E-state index contributed by atoms with van der Waals surface area (Å²) in [4.78, 5) is 10.2. The van der Waals surface area contributed by atoms with Crippen molar-refractivity contribution in [3.05, 3.63) is 30.3 Å². The average Bonchev–Trinajstić information content (AvgIpc) is 2.03. The van der Waals surface area contributed by atoms with Gasteiger partial charge in [0, 0.05) is 0 Å². The molecule has 1 rings (SSSR count). The monoisotopic (exact) mass is 256 g/mol. The van der Waals surface area contributed by atoms with Gasteiger partial charge in [-0.05, 0) is 0 Å². The third-order valence-electron chi connectivity index (χ3n) is 1.22. The normalized spacial score (nSPS) is 9.45. The Morgan fingerprint density at radius 3 is 2.55 bits per heavy atom. The molecule has 0 saturated carbocycles. The zero-order valence-corrected chi connectivity index (χ0v) is 8.80. The molecule has 0 amide bonds. The molecule has 1 aromatic rings. The van der Waals surface area contributed by atoms with Gasteiger partial charge in [0.25, 0.3) is 0 Å². The van der Waals surface area contributed by atoms with Crippen LogP contribution >= 0.6 is 0 Å². The Morgan fingerprint density at radius 1 is 1.36 bits per heavy atom. The Balaban J connectivity index is 2.45. The van der Waals surface area contributed by atoms with Gasteiger partial charge in [0.2, 0.25) is 0 Å². The van der Waals surface area contributed by atoms with Crippen LogP contribution in [0.5, 0.6) is 0 Å². The summed E-state index contributed by atoms with van der Waals surface area (Å²) in [5.74, 6) is -0.666. The number of aliphatic carboxylic acids is 1. The Hall–Kier alpha value is -0.511. The molecule has 1 N–H and O–H groups in total. The van der Waals surface area contributed by atoms with Crippen LogP contribution in [0.1, 0.15) is 0 Å². The molecule has 0 saturated heterocycles. The number of rotatable bonds is 3. The first-order valence-electron chi connectivity index (χ1n) is 3.30. The molecule has 0 aliphatic heterocycles. The van der Waals surface area contributed by atoms with Crippen molar-refractivity contribution in [3.8, 4) is 0 Å². The minimum atomic E-state index is -0.823. The van der Waals surface area contributed by atoms with Gasteiger partial charge in [-0.2, -0.15) is 0 Å². The second-order valence-electron chi connectivity index (χ2n) is 2.11. The van der Waals surface area contributed by atoms with Crippen LogP contribution in [0.2, 0.25) is 4.44 Å². The van der Waals surface area contributed by atoms with Gasteiger partial charge >= 0.3 is 75.4 Å². The molecule has 0 spiro atoms. The number of carboxylic acid groups (broad SMARTS) is 1. The van der Waals surface area contributed by atoms with Crippen LogP contribution in [0.4, 0.5) is 0 Å². The first-order valence-corrected chi connectivity index (χ1v) is 6.74. The fraction of sp³-hybridized carbons (Fsp3) is 0.125. The van der Waals surface area contributed by atoms with E-state index in [1.165, 1.54) is 3.58 Å². The number of hydrogen-bond acceptors (Lipinski definition) is 1. The quantitative estimate of drug-likeness (QED) is 0.799. The van der Waals surface area contributed by atoms with Crippen LogP contribution in [0.3, 0.4) is 0 Å². The molecule has 1 aromatic carbocycles. The molecular formula is C8H8O2Sn. The molecule has 0 aliphatic rings. The summed E-state index contributed by atoms with van der Waals surface area (Å²) in [5, 5.41) is 8.42. The van der Waals surface area contributed by atoms with Gasteiger partial charge in [-0.1, -0.05) is 0 Å². The predicted octanol–water partition coefficient (Wildman–Crippen LogP) is 0.519. The molecule has 0 heterocycles. The molecule has 0 fully saturated rings. The Bertz CT molecular complexity index is 233. The Morgan fingerprint density at radius 2 is 2.00 bits per heavy atom. The van der Waals surface area contributed by atoms with E-state index in [4.69, 9.17) is 5.11 Å². The van der Waals surface area contributed by atoms with Crippen LogP contribution in [-0.2, 0) is 4.79 Å². The average molecular weight is 255 g/mol. The zero-order chi connectivity index (χ0) is 8.10. The van der Waals surface area contributed by atoms with Crippen molar-refractivity contribution < 1.29 is 9.90 Å². The van der Waals surface area contributed by atoms with Crippen LogP contribution in [0, 0.1) is 0 Å². The standard InChI is InChI=1S/C6H5.C2H3O2.Sn/c1-2-4-6-5-3-1;1-2(3)4;/h1-5H;1H2,(H,3,4);. The van der Waals surface area contributed by atoms with Crippen molar-refractivity contribution in [3.63, 3.8) is 0 Å². The summed E-state index contributed by atoms with van der Waals surface area (Å²) in [6, 6.07) is 9.88. The molecular weight excluding hydrogens is 247 g/mol. The molecule has 56 valence electrons. The third kappa shape index (κ3) is 3.41. The SMILES string of the molecule is O=C(O)[CH2][Sn][c]1ccccc1. The van der Waals surface area contributed by atoms with Gasteiger partial charge in [-0.3, -0.25) is 0 Å². The number of carbonyl (C=O) groups is 1. The van der Waals surface area contributed by atoms with Crippen molar-refractivity contribution in [1.82, 2.24) is 0 Å². The Labute approximate surface area is 75.5 Å². The van der Waals surface area contributed by atoms with Crippen molar-refractivity contribution >= 4 is 30.7 Å². The van der Waals surface area contributed by atoms with Crippen LogP contribution in [-0.4, -0.2) is 32.2 Å². The van der Waals surface area contributed by atoms with E-state index in [1.54, 1.807) is 0 Å². The van der Waals surface area contributed by atoms with E-state index in [0.717, 1.165) is 0 Å². The summed E-state index contributed by atoms with van der Waals surface area (Å²) in [5.41, 5.74) is 0. The molecule has 0 aliphatic carbocycles. The first-order chi connectivity index (χ1) is 5.29. The maximum absolute atomic E-state index is 10.2. The van der Waals surface area contributed by atoms with Crippen LogP contribution < -0.4 is 3.58 Å². The van der Waals surface area contributed by atoms with E-state index in [2.05, 4.69) is 0 Å². The van der Waals surface area contributed by atoms with Crippen LogP contribution in [0.15, 0.2) is 30.3 Å². The van der Waals surface area contributed by atoms with Gasteiger partial charge in [0.15, 0.2) is 0 Å². The zero-order valence-electron chi connectivity index (χ0n) is 5.95. The second-order valence-corrected chi connectivity index (χ2v) is 5.78. The van der Waals surface area contributed by atoms with Crippen molar-refractivity contribution in [2.75, 3.05) is 0 Å². The van der Waals surface area contributed by atoms with E-state index >= 15 is 0 Å². The summed E-state index contributed by atoms with van der Waals surface area (Å²) < 4.78 is 1.63. The number of benzene rings is 1. The van der Waals surface area contributed by atoms with Gasteiger partial charge < -0.3 is 0 Å². The molecule has 2 radical (unpaired) electrons. The van der Waals surface area contributed by atoms with E-state index in [9.17, 15) is 4.79 Å². The first kappa shape index (κ1) is 8.58. The van der Waals surface area contributed by atoms with Crippen molar-refractivity contribution in [1.29, 1.82) is 0 Å². The van der Waals surface area contributed by atoms with Gasteiger partial charge in [0.1, 0.15) is 0 Å². The van der Waals surface area contributed by atoms with E-state index in [1.807, 2.05) is 30.3 Å². The molecule has 0 bridgehead atoms. The summed E-state index contributed by atoms with van der Waals surface area (Å²) in [7, 11) is 0. The molecule has 0 atom stereocenters. The molecule has 11 heavy (non-hydrogen) atoms. The molecule has 0 unspecified atom stereocenters. The Kier molecular flexibility index (Phi) is 3.42. The fourth-order valence-corrected chi connectivity index (χ4v) is 2.97. The number of hydrogen-bond donors (Lipinski definition) is 1. The van der Waals surface area contributed by atoms with Crippen molar-refractivity contribution in [2.45, 2.75) is 4.44 Å². The number of carboxylic acids is 1. The maximum atomic E-state index is 10.2. The van der Waals surface area contributed by atoms with E-state index in [-0.39, 0.29) is 0 Å². The predicted molar refractivity (Wildman–Crippen MR) is 44.3 cm³/mol. The minimum absolute atomic E-state index is 0.382. The second kappa shape index (κ2) is 4.38. The van der Waals surface area contributed by atoms with Gasteiger partial charge in [0.05, 0.1) is 0 Å². The van der Waals surface area contributed by atoms with E-state index < -0.39 is 27.1 Å². The van der Waals surface area contributed by atoms with Gasteiger partial charge in [-0.15, -0.1) is 0 Å². The summed E-state index contributed by atoms with van der Waals surface area (Å²) in [6.45, 7) is 0. The third-order valence-corrected chi connectivity index (χ3v) is 4.70.